The average molecular weight is 385 g/mol. The standard InChI is InChI=1S/C20H24N4O2S/c1-13(2)19-18-11-15-5-6-16(27(4,25)26)12-17(15)23(18)9-10-24(19)20-21-8-7-14(3)22-20/h5-8,11-13,19H,9-10H2,1-4H3/t19-/m1/s1. The Morgan fingerprint density at radius 2 is 1.93 bits per heavy atom. The van der Waals surface area contributed by atoms with E-state index in [1.807, 2.05) is 19.1 Å². The molecule has 0 saturated carbocycles. The highest BCUT2D eigenvalue weighted by Gasteiger charge is 2.33. The van der Waals surface area contributed by atoms with Crippen molar-refractivity contribution in [3.05, 3.63) is 47.9 Å². The highest BCUT2D eigenvalue weighted by Crippen LogP contribution is 2.38. The van der Waals surface area contributed by atoms with E-state index in [1.54, 1.807) is 18.3 Å². The lowest BCUT2D eigenvalue weighted by atomic mass is 9.97. The van der Waals surface area contributed by atoms with Crippen molar-refractivity contribution in [2.75, 3.05) is 17.7 Å². The molecule has 0 aliphatic carbocycles. The monoisotopic (exact) mass is 384 g/mol. The normalized spacial score (nSPS) is 17.5. The molecule has 1 aliphatic heterocycles. The molecule has 0 N–H and O–H groups in total. The zero-order valence-electron chi connectivity index (χ0n) is 16.0. The molecule has 0 spiro atoms. The second-order valence-corrected chi connectivity index (χ2v) is 9.61. The molecule has 1 aromatic carbocycles. The lowest BCUT2D eigenvalue weighted by Gasteiger charge is -2.39. The van der Waals surface area contributed by atoms with Crippen LogP contribution < -0.4 is 4.90 Å². The predicted octanol–water partition coefficient (Wildman–Crippen LogP) is 3.36. The maximum atomic E-state index is 12.0. The zero-order chi connectivity index (χ0) is 19.3. The Morgan fingerprint density at radius 1 is 1.15 bits per heavy atom. The Labute approximate surface area is 159 Å². The maximum absolute atomic E-state index is 12.0. The van der Waals surface area contributed by atoms with Gasteiger partial charge < -0.3 is 9.47 Å². The molecule has 0 saturated heterocycles. The first-order valence-corrected chi connectivity index (χ1v) is 11.0. The van der Waals surface area contributed by atoms with Gasteiger partial charge in [-0.05, 0) is 37.1 Å². The summed E-state index contributed by atoms with van der Waals surface area (Å²) in [5.74, 6) is 1.11. The second kappa shape index (κ2) is 6.34. The number of aromatic nitrogens is 3. The van der Waals surface area contributed by atoms with Crippen LogP contribution in [0.3, 0.4) is 0 Å². The Kier molecular flexibility index (Phi) is 4.22. The van der Waals surface area contributed by atoms with E-state index in [2.05, 4.69) is 39.3 Å². The zero-order valence-corrected chi connectivity index (χ0v) is 16.9. The van der Waals surface area contributed by atoms with Crippen molar-refractivity contribution in [1.82, 2.24) is 14.5 Å². The van der Waals surface area contributed by atoms with Crippen LogP contribution in [-0.2, 0) is 16.4 Å². The van der Waals surface area contributed by atoms with Crippen LogP contribution in [0.5, 0.6) is 0 Å². The minimum absolute atomic E-state index is 0.134. The summed E-state index contributed by atoms with van der Waals surface area (Å²) in [6.45, 7) is 7.92. The molecular weight excluding hydrogens is 360 g/mol. The fourth-order valence-corrected chi connectivity index (χ4v) is 4.63. The van der Waals surface area contributed by atoms with Crippen molar-refractivity contribution in [1.29, 1.82) is 0 Å². The molecule has 3 aromatic rings. The molecular formula is C20H24N4O2S. The molecule has 0 radical (unpaired) electrons. The molecule has 3 heterocycles. The van der Waals surface area contributed by atoms with Crippen molar-refractivity contribution >= 4 is 26.7 Å². The third kappa shape index (κ3) is 3.10. The second-order valence-electron chi connectivity index (χ2n) is 7.59. The minimum Gasteiger partial charge on any atom is -0.341 e. The van der Waals surface area contributed by atoms with Gasteiger partial charge in [0.25, 0.3) is 0 Å². The number of nitrogens with zero attached hydrogens (tertiary/aromatic N) is 4. The van der Waals surface area contributed by atoms with Crippen LogP contribution in [0.2, 0.25) is 0 Å². The number of fused-ring (bicyclic) bond motifs is 3. The van der Waals surface area contributed by atoms with Crippen molar-refractivity contribution in [2.45, 2.75) is 38.3 Å². The van der Waals surface area contributed by atoms with E-state index < -0.39 is 9.84 Å². The number of anilines is 1. The lowest BCUT2D eigenvalue weighted by Crippen LogP contribution is -2.41. The molecule has 27 heavy (non-hydrogen) atoms. The topological polar surface area (TPSA) is 68.1 Å². The summed E-state index contributed by atoms with van der Waals surface area (Å²) < 4.78 is 26.2. The lowest BCUT2D eigenvalue weighted by molar-refractivity contribution is 0.397. The van der Waals surface area contributed by atoms with Gasteiger partial charge in [0.05, 0.1) is 10.9 Å². The molecule has 4 rings (SSSR count). The molecule has 0 bridgehead atoms. The van der Waals surface area contributed by atoms with E-state index in [0.29, 0.717) is 10.8 Å². The molecule has 142 valence electrons. The summed E-state index contributed by atoms with van der Waals surface area (Å²) in [6, 6.07) is 9.60. The van der Waals surface area contributed by atoms with E-state index >= 15 is 0 Å². The van der Waals surface area contributed by atoms with Gasteiger partial charge in [0.15, 0.2) is 9.84 Å². The minimum atomic E-state index is -3.23. The summed E-state index contributed by atoms with van der Waals surface area (Å²) in [7, 11) is -3.23. The smallest absolute Gasteiger partial charge is 0.226 e. The largest absolute Gasteiger partial charge is 0.341 e. The van der Waals surface area contributed by atoms with Crippen molar-refractivity contribution < 1.29 is 8.42 Å². The van der Waals surface area contributed by atoms with Gasteiger partial charge in [-0.25, -0.2) is 18.4 Å². The number of hydrogen-bond donors (Lipinski definition) is 0. The third-order valence-corrected chi connectivity index (χ3v) is 6.32. The summed E-state index contributed by atoms with van der Waals surface area (Å²) in [6.07, 6.45) is 3.06. The number of benzene rings is 1. The molecule has 2 aromatic heterocycles. The third-order valence-electron chi connectivity index (χ3n) is 5.21. The van der Waals surface area contributed by atoms with Gasteiger partial charge in [-0.2, -0.15) is 0 Å². The van der Waals surface area contributed by atoms with E-state index in [4.69, 9.17) is 0 Å². The van der Waals surface area contributed by atoms with Gasteiger partial charge >= 0.3 is 0 Å². The highest BCUT2D eigenvalue weighted by molar-refractivity contribution is 7.90. The first-order valence-electron chi connectivity index (χ1n) is 9.15. The quantitative estimate of drug-likeness (QED) is 0.693. The summed E-state index contributed by atoms with van der Waals surface area (Å²) in [5, 5.41) is 1.06. The van der Waals surface area contributed by atoms with Crippen LogP contribution in [0.25, 0.3) is 10.9 Å². The van der Waals surface area contributed by atoms with Crippen LogP contribution in [0.15, 0.2) is 41.4 Å². The van der Waals surface area contributed by atoms with Crippen LogP contribution in [0.4, 0.5) is 5.95 Å². The SMILES string of the molecule is Cc1ccnc(N2CCn3c(cc4ccc(S(C)(=O)=O)cc43)[C@H]2C(C)C)n1. The first-order chi connectivity index (χ1) is 12.8. The number of aryl methyl sites for hydroxylation is 1. The van der Waals surface area contributed by atoms with Gasteiger partial charge in [0.1, 0.15) is 0 Å². The van der Waals surface area contributed by atoms with E-state index in [-0.39, 0.29) is 6.04 Å². The fourth-order valence-electron chi connectivity index (χ4n) is 3.99. The molecule has 6 nitrogen and oxygen atoms in total. The Morgan fingerprint density at radius 3 is 2.59 bits per heavy atom. The van der Waals surface area contributed by atoms with Crippen LogP contribution in [-0.4, -0.2) is 35.8 Å². The molecule has 1 atom stereocenters. The Bertz CT molecular complexity index is 1120. The molecule has 0 unspecified atom stereocenters. The van der Waals surface area contributed by atoms with E-state index in [0.717, 1.165) is 35.6 Å². The van der Waals surface area contributed by atoms with Gasteiger partial charge in [-0.1, -0.05) is 19.9 Å². The fraction of sp³-hybridized carbons (Fsp3) is 0.400. The van der Waals surface area contributed by atoms with Gasteiger partial charge in [0, 0.05) is 47.8 Å². The molecule has 0 amide bonds. The summed E-state index contributed by atoms with van der Waals surface area (Å²) >= 11 is 0. The predicted molar refractivity (Wildman–Crippen MR) is 107 cm³/mol. The Hall–Kier alpha value is -2.41. The molecule has 7 heteroatoms. The van der Waals surface area contributed by atoms with Crippen LogP contribution in [0, 0.1) is 12.8 Å². The highest BCUT2D eigenvalue weighted by atomic mass is 32.2. The first kappa shape index (κ1) is 18.0. The number of rotatable bonds is 3. The van der Waals surface area contributed by atoms with Crippen molar-refractivity contribution in [3.63, 3.8) is 0 Å². The van der Waals surface area contributed by atoms with E-state index in [1.165, 1.54) is 11.9 Å². The Balaban J connectivity index is 1.87. The molecule has 0 fully saturated rings. The molecule has 1 aliphatic rings. The van der Waals surface area contributed by atoms with Crippen LogP contribution >= 0.6 is 0 Å². The maximum Gasteiger partial charge on any atom is 0.226 e. The van der Waals surface area contributed by atoms with Gasteiger partial charge in [-0.3, -0.25) is 0 Å². The van der Waals surface area contributed by atoms with Gasteiger partial charge in [0.2, 0.25) is 5.95 Å². The van der Waals surface area contributed by atoms with Crippen molar-refractivity contribution in [3.8, 4) is 0 Å². The number of hydrogen-bond acceptors (Lipinski definition) is 5. The average Bonchev–Trinajstić information content (AvgIpc) is 2.97. The number of sulfone groups is 1. The van der Waals surface area contributed by atoms with Crippen molar-refractivity contribution in [2.24, 2.45) is 5.92 Å². The summed E-state index contributed by atoms with van der Waals surface area (Å²) in [5.41, 5.74) is 3.11. The summed E-state index contributed by atoms with van der Waals surface area (Å²) in [4.78, 5) is 11.8. The van der Waals surface area contributed by atoms with Crippen LogP contribution in [0.1, 0.15) is 31.3 Å². The van der Waals surface area contributed by atoms with E-state index in [9.17, 15) is 8.42 Å². The van der Waals surface area contributed by atoms with Gasteiger partial charge in [-0.15, -0.1) is 0 Å².